The number of nitrogens with two attached hydrogens (primary N) is 1. The van der Waals surface area contributed by atoms with Gasteiger partial charge in [-0.15, -0.1) is 0 Å². The normalized spacial score (nSPS) is 11.6. The number of hydrogen-bond donors (Lipinski definition) is 3. The zero-order valence-corrected chi connectivity index (χ0v) is 9.77. The summed E-state index contributed by atoms with van der Waals surface area (Å²) >= 11 is 0. The van der Waals surface area contributed by atoms with Gasteiger partial charge in [0.2, 0.25) is 5.91 Å². The maximum atomic E-state index is 11.3. The summed E-state index contributed by atoms with van der Waals surface area (Å²) in [6, 6.07) is 8.78. The molecule has 1 aromatic carbocycles. The minimum Gasteiger partial charge on any atom is -0.368 e. The highest BCUT2D eigenvalue weighted by Crippen LogP contribution is 1.97. The van der Waals surface area contributed by atoms with E-state index in [-0.39, 0.29) is 6.03 Å². The van der Waals surface area contributed by atoms with E-state index in [1.54, 1.807) is 6.92 Å². The van der Waals surface area contributed by atoms with Gasteiger partial charge in [-0.1, -0.05) is 30.3 Å². The van der Waals surface area contributed by atoms with Crippen LogP contribution in [0.2, 0.25) is 0 Å². The Labute approximate surface area is 100 Å². The molecule has 0 fully saturated rings. The Balaban J connectivity index is 2.23. The lowest BCUT2D eigenvalue weighted by molar-refractivity contribution is -0.119. The number of rotatable bonds is 5. The van der Waals surface area contributed by atoms with Crippen LogP contribution in [0, 0.1) is 0 Å². The quantitative estimate of drug-likeness (QED) is 0.690. The summed E-state index contributed by atoms with van der Waals surface area (Å²) in [6.07, 6.45) is 0.749. The van der Waals surface area contributed by atoms with Gasteiger partial charge < -0.3 is 16.4 Å². The predicted molar refractivity (Wildman–Crippen MR) is 65.3 cm³/mol. The van der Waals surface area contributed by atoms with Crippen LogP contribution in [-0.4, -0.2) is 24.5 Å². The number of carbonyl (C=O) groups is 2. The molecule has 0 bridgehead atoms. The van der Waals surface area contributed by atoms with E-state index in [4.69, 9.17) is 5.73 Å². The molecule has 1 aromatic rings. The fourth-order valence-electron chi connectivity index (χ4n) is 1.28. The van der Waals surface area contributed by atoms with E-state index in [1.165, 1.54) is 0 Å². The van der Waals surface area contributed by atoms with Crippen molar-refractivity contribution in [3.05, 3.63) is 35.9 Å². The molecule has 3 amide bonds. The largest absolute Gasteiger partial charge is 0.368 e. The van der Waals surface area contributed by atoms with E-state index in [0.717, 1.165) is 12.0 Å². The molecule has 1 atom stereocenters. The Morgan fingerprint density at radius 1 is 1.29 bits per heavy atom. The molecule has 17 heavy (non-hydrogen) atoms. The SMILES string of the molecule is C[C@H](NC(=O)NCCc1ccccc1)C(N)=O. The summed E-state index contributed by atoms with van der Waals surface area (Å²) in [6.45, 7) is 2.06. The van der Waals surface area contributed by atoms with Gasteiger partial charge in [-0.3, -0.25) is 4.79 Å². The zero-order chi connectivity index (χ0) is 12.7. The van der Waals surface area contributed by atoms with E-state index in [0.29, 0.717) is 6.54 Å². The molecule has 0 spiro atoms. The molecule has 0 heterocycles. The average Bonchev–Trinajstić information content (AvgIpc) is 2.30. The molecule has 0 aliphatic rings. The molecule has 0 aliphatic heterocycles. The first-order chi connectivity index (χ1) is 8.09. The van der Waals surface area contributed by atoms with Gasteiger partial charge in [0.15, 0.2) is 0 Å². The summed E-state index contributed by atoms with van der Waals surface area (Å²) < 4.78 is 0. The van der Waals surface area contributed by atoms with E-state index >= 15 is 0 Å². The Morgan fingerprint density at radius 2 is 1.94 bits per heavy atom. The van der Waals surface area contributed by atoms with Crippen LogP contribution < -0.4 is 16.4 Å². The highest BCUT2D eigenvalue weighted by Gasteiger charge is 2.10. The van der Waals surface area contributed by atoms with Crippen molar-refractivity contribution in [1.82, 2.24) is 10.6 Å². The first kappa shape index (κ1) is 13.0. The molecule has 4 N–H and O–H groups in total. The van der Waals surface area contributed by atoms with Gasteiger partial charge in [-0.05, 0) is 18.9 Å². The van der Waals surface area contributed by atoms with E-state index < -0.39 is 11.9 Å². The minimum atomic E-state index is -0.660. The molecule has 5 heteroatoms. The van der Waals surface area contributed by atoms with Crippen molar-refractivity contribution in [2.24, 2.45) is 5.73 Å². The molecule has 0 saturated heterocycles. The number of nitrogens with one attached hydrogen (secondary N) is 2. The number of amides is 3. The first-order valence-electron chi connectivity index (χ1n) is 5.47. The molecular weight excluding hydrogens is 218 g/mol. The van der Waals surface area contributed by atoms with Crippen LogP contribution in [-0.2, 0) is 11.2 Å². The molecule has 0 unspecified atom stereocenters. The summed E-state index contributed by atoms with van der Waals surface area (Å²) in [5.41, 5.74) is 6.17. The van der Waals surface area contributed by atoms with Gasteiger partial charge in [0.25, 0.3) is 0 Å². The molecule has 92 valence electrons. The van der Waals surface area contributed by atoms with Crippen LogP contribution in [0.1, 0.15) is 12.5 Å². The van der Waals surface area contributed by atoms with Gasteiger partial charge in [0.05, 0.1) is 0 Å². The zero-order valence-electron chi connectivity index (χ0n) is 9.77. The highest BCUT2D eigenvalue weighted by molar-refractivity contribution is 5.85. The lowest BCUT2D eigenvalue weighted by Crippen LogP contribution is -2.47. The van der Waals surface area contributed by atoms with Crippen molar-refractivity contribution in [2.45, 2.75) is 19.4 Å². The van der Waals surface area contributed by atoms with Crippen LogP contribution in [0.3, 0.4) is 0 Å². The van der Waals surface area contributed by atoms with Crippen LogP contribution in [0.15, 0.2) is 30.3 Å². The van der Waals surface area contributed by atoms with Crippen molar-refractivity contribution in [3.63, 3.8) is 0 Å². The second kappa shape index (κ2) is 6.52. The third-order valence-corrected chi connectivity index (χ3v) is 2.32. The number of benzene rings is 1. The fourth-order valence-corrected chi connectivity index (χ4v) is 1.28. The molecule has 0 saturated carbocycles. The van der Waals surface area contributed by atoms with Crippen LogP contribution in [0.25, 0.3) is 0 Å². The third-order valence-electron chi connectivity index (χ3n) is 2.32. The molecular formula is C12H17N3O2. The van der Waals surface area contributed by atoms with Gasteiger partial charge in [-0.2, -0.15) is 0 Å². The lowest BCUT2D eigenvalue weighted by Gasteiger charge is -2.11. The third kappa shape index (κ3) is 5.01. The number of carbonyl (C=O) groups excluding carboxylic acids is 2. The Morgan fingerprint density at radius 3 is 2.53 bits per heavy atom. The standard InChI is InChI=1S/C12H17N3O2/c1-9(11(13)16)15-12(17)14-8-7-10-5-3-2-4-6-10/h2-6,9H,7-8H2,1H3,(H2,13,16)(H2,14,15,17)/t9-/m0/s1. The van der Waals surface area contributed by atoms with Gasteiger partial charge >= 0.3 is 6.03 Å². The van der Waals surface area contributed by atoms with Crippen molar-refractivity contribution in [2.75, 3.05) is 6.54 Å². The van der Waals surface area contributed by atoms with E-state index in [9.17, 15) is 9.59 Å². The van der Waals surface area contributed by atoms with Gasteiger partial charge in [0, 0.05) is 6.54 Å². The van der Waals surface area contributed by atoms with E-state index in [2.05, 4.69) is 10.6 Å². The second-order valence-corrected chi connectivity index (χ2v) is 3.76. The number of primary amides is 1. The lowest BCUT2D eigenvalue weighted by atomic mass is 10.1. The monoisotopic (exact) mass is 235 g/mol. The Kier molecular flexibility index (Phi) is 5.00. The second-order valence-electron chi connectivity index (χ2n) is 3.76. The van der Waals surface area contributed by atoms with Crippen LogP contribution in [0.5, 0.6) is 0 Å². The van der Waals surface area contributed by atoms with Crippen LogP contribution >= 0.6 is 0 Å². The van der Waals surface area contributed by atoms with Crippen molar-refractivity contribution in [1.29, 1.82) is 0 Å². The summed E-state index contributed by atoms with van der Waals surface area (Å²) in [5, 5.41) is 5.10. The number of hydrogen-bond acceptors (Lipinski definition) is 2. The maximum absolute atomic E-state index is 11.3. The molecule has 0 aromatic heterocycles. The van der Waals surface area contributed by atoms with Crippen molar-refractivity contribution >= 4 is 11.9 Å². The molecule has 0 aliphatic carbocycles. The Hall–Kier alpha value is -2.04. The van der Waals surface area contributed by atoms with Gasteiger partial charge in [0.1, 0.15) is 6.04 Å². The summed E-state index contributed by atoms with van der Waals surface area (Å²) in [7, 11) is 0. The van der Waals surface area contributed by atoms with Crippen molar-refractivity contribution < 1.29 is 9.59 Å². The van der Waals surface area contributed by atoms with Crippen LogP contribution in [0.4, 0.5) is 4.79 Å². The fraction of sp³-hybridized carbons (Fsp3) is 0.333. The first-order valence-corrected chi connectivity index (χ1v) is 5.47. The van der Waals surface area contributed by atoms with Crippen molar-refractivity contribution in [3.8, 4) is 0 Å². The topological polar surface area (TPSA) is 84.2 Å². The smallest absolute Gasteiger partial charge is 0.315 e. The Bertz CT molecular complexity index is 379. The summed E-state index contributed by atoms with van der Waals surface area (Å²) in [4.78, 5) is 22.0. The molecule has 0 radical (unpaired) electrons. The van der Waals surface area contributed by atoms with E-state index in [1.807, 2.05) is 30.3 Å². The van der Waals surface area contributed by atoms with Gasteiger partial charge in [-0.25, -0.2) is 4.79 Å². The predicted octanol–water partition coefficient (Wildman–Crippen LogP) is 0.402. The number of urea groups is 1. The average molecular weight is 235 g/mol. The minimum absolute atomic E-state index is 0.382. The molecule has 1 rings (SSSR count). The highest BCUT2D eigenvalue weighted by atomic mass is 16.2. The molecule has 5 nitrogen and oxygen atoms in total. The maximum Gasteiger partial charge on any atom is 0.315 e. The summed E-state index contributed by atoms with van der Waals surface area (Å²) in [5.74, 6) is -0.553.